The van der Waals surface area contributed by atoms with Gasteiger partial charge in [-0.15, -0.1) is 0 Å². The van der Waals surface area contributed by atoms with Crippen molar-refractivity contribution in [3.05, 3.63) is 59.6 Å². The largest absolute Gasteiger partial charge is 0.451 e. The van der Waals surface area contributed by atoms with Gasteiger partial charge in [0, 0.05) is 36.4 Å². The van der Waals surface area contributed by atoms with Gasteiger partial charge in [0.05, 0.1) is 5.69 Å². The third-order valence-corrected chi connectivity index (χ3v) is 3.93. The standard InChI is InChI=1S/C19H21N3O2/c1-13-6-7-16-14(2)18(24-17(16)11-13)19(23)22-10-4-9-21-15-5-3-8-20-12-15/h3,5-8,11-12,21H,4,9-10H2,1-2H3,(H,22,23). The monoisotopic (exact) mass is 323 g/mol. The Morgan fingerprint density at radius 1 is 1.21 bits per heavy atom. The van der Waals surface area contributed by atoms with Gasteiger partial charge in [-0.2, -0.15) is 0 Å². The van der Waals surface area contributed by atoms with Gasteiger partial charge in [-0.3, -0.25) is 9.78 Å². The predicted octanol–water partition coefficient (Wildman–Crippen LogP) is 3.68. The summed E-state index contributed by atoms with van der Waals surface area (Å²) in [5, 5.41) is 7.16. The molecule has 0 aliphatic carbocycles. The van der Waals surface area contributed by atoms with Gasteiger partial charge in [0.25, 0.3) is 5.91 Å². The maximum absolute atomic E-state index is 12.3. The van der Waals surface area contributed by atoms with E-state index in [1.165, 1.54) is 0 Å². The fraction of sp³-hybridized carbons (Fsp3) is 0.263. The van der Waals surface area contributed by atoms with Gasteiger partial charge < -0.3 is 15.1 Å². The maximum Gasteiger partial charge on any atom is 0.287 e. The lowest BCUT2D eigenvalue weighted by atomic mass is 10.1. The number of benzene rings is 1. The molecular formula is C19H21N3O2. The van der Waals surface area contributed by atoms with Crippen LogP contribution in [-0.2, 0) is 0 Å². The topological polar surface area (TPSA) is 67.2 Å². The SMILES string of the molecule is Cc1ccc2c(C)c(C(=O)NCCCNc3cccnc3)oc2c1. The van der Waals surface area contributed by atoms with E-state index in [-0.39, 0.29) is 5.91 Å². The smallest absolute Gasteiger partial charge is 0.287 e. The fourth-order valence-electron chi connectivity index (χ4n) is 2.62. The van der Waals surface area contributed by atoms with Crippen molar-refractivity contribution in [2.24, 2.45) is 0 Å². The van der Waals surface area contributed by atoms with Gasteiger partial charge in [-0.25, -0.2) is 0 Å². The highest BCUT2D eigenvalue weighted by atomic mass is 16.3. The molecule has 3 aromatic rings. The lowest BCUT2D eigenvalue weighted by molar-refractivity contribution is 0.0927. The van der Waals surface area contributed by atoms with Gasteiger partial charge in [0.2, 0.25) is 0 Å². The second kappa shape index (κ2) is 7.17. The summed E-state index contributed by atoms with van der Waals surface area (Å²) in [6, 6.07) is 9.83. The summed E-state index contributed by atoms with van der Waals surface area (Å²) in [4.78, 5) is 16.4. The van der Waals surface area contributed by atoms with E-state index < -0.39 is 0 Å². The van der Waals surface area contributed by atoms with E-state index in [0.717, 1.165) is 40.7 Å². The van der Waals surface area contributed by atoms with Crippen molar-refractivity contribution in [2.45, 2.75) is 20.3 Å². The second-order valence-electron chi connectivity index (χ2n) is 5.83. The van der Waals surface area contributed by atoms with Crippen LogP contribution in [0.4, 0.5) is 5.69 Å². The molecule has 0 saturated carbocycles. The first-order valence-electron chi connectivity index (χ1n) is 8.07. The number of anilines is 1. The van der Waals surface area contributed by atoms with Crippen LogP contribution in [0.3, 0.4) is 0 Å². The molecule has 0 saturated heterocycles. The molecule has 5 nitrogen and oxygen atoms in total. The second-order valence-corrected chi connectivity index (χ2v) is 5.83. The third kappa shape index (κ3) is 3.56. The van der Waals surface area contributed by atoms with Crippen molar-refractivity contribution >= 4 is 22.6 Å². The van der Waals surface area contributed by atoms with Gasteiger partial charge in [-0.05, 0) is 44.0 Å². The molecule has 3 rings (SSSR count). The molecule has 124 valence electrons. The summed E-state index contributed by atoms with van der Waals surface area (Å²) >= 11 is 0. The predicted molar refractivity (Wildman–Crippen MR) is 95.4 cm³/mol. The molecule has 0 fully saturated rings. The van der Waals surface area contributed by atoms with Gasteiger partial charge in [0.15, 0.2) is 5.76 Å². The number of aryl methyl sites for hydroxylation is 2. The zero-order valence-corrected chi connectivity index (χ0v) is 13.9. The molecular weight excluding hydrogens is 302 g/mol. The summed E-state index contributed by atoms with van der Waals surface area (Å²) in [5.74, 6) is 0.235. The summed E-state index contributed by atoms with van der Waals surface area (Å²) in [5.41, 5.74) is 3.74. The minimum Gasteiger partial charge on any atom is -0.451 e. The van der Waals surface area contributed by atoms with Crippen molar-refractivity contribution in [3.63, 3.8) is 0 Å². The summed E-state index contributed by atoms with van der Waals surface area (Å²) < 4.78 is 5.73. The molecule has 0 atom stereocenters. The number of nitrogens with zero attached hydrogens (tertiary/aromatic N) is 1. The van der Waals surface area contributed by atoms with E-state index in [0.29, 0.717) is 12.3 Å². The molecule has 0 unspecified atom stereocenters. The Morgan fingerprint density at radius 3 is 2.88 bits per heavy atom. The minimum atomic E-state index is -0.164. The summed E-state index contributed by atoms with van der Waals surface area (Å²) in [7, 11) is 0. The first-order valence-corrected chi connectivity index (χ1v) is 8.07. The van der Waals surface area contributed by atoms with E-state index >= 15 is 0 Å². The average molecular weight is 323 g/mol. The average Bonchev–Trinajstić information content (AvgIpc) is 2.91. The van der Waals surface area contributed by atoms with Crippen LogP contribution in [0.5, 0.6) is 0 Å². The number of carbonyl (C=O) groups is 1. The van der Waals surface area contributed by atoms with Crippen molar-refractivity contribution in [1.29, 1.82) is 0 Å². The number of rotatable bonds is 6. The van der Waals surface area contributed by atoms with E-state index in [1.807, 2.05) is 44.2 Å². The molecule has 0 spiro atoms. The van der Waals surface area contributed by atoms with Crippen LogP contribution in [0.1, 0.15) is 28.1 Å². The molecule has 0 radical (unpaired) electrons. The number of fused-ring (bicyclic) bond motifs is 1. The molecule has 2 heterocycles. The number of hydrogen-bond donors (Lipinski definition) is 2. The van der Waals surface area contributed by atoms with Crippen LogP contribution in [0, 0.1) is 13.8 Å². The molecule has 2 N–H and O–H groups in total. The van der Waals surface area contributed by atoms with Crippen molar-refractivity contribution < 1.29 is 9.21 Å². The molecule has 1 amide bonds. The van der Waals surface area contributed by atoms with Gasteiger partial charge >= 0.3 is 0 Å². The fourth-order valence-corrected chi connectivity index (χ4v) is 2.62. The molecule has 5 heteroatoms. The van der Waals surface area contributed by atoms with Crippen LogP contribution in [0.25, 0.3) is 11.0 Å². The summed E-state index contributed by atoms with van der Waals surface area (Å²) in [6.07, 6.45) is 4.33. The minimum absolute atomic E-state index is 0.164. The Kier molecular flexibility index (Phi) is 4.79. The van der Waals surface area contributed by atoms with E-state index in [4.69, 9.17) is 4.42 Å². The van der Waals surface area contributed by atoms with Crippen LogP contribution in [0.2, 0.25) is 0 Å². The lowest BCUT2D eigenvalue weighted by Gasteiger charge is -2.06. The van der Waals surface area contributed by atoms with Crippen LogP contribution >= 0.6 is 0 Å². The number of nitrogens with one attached hydrogen (secondary N) is 2. The molecule has 2 aromatic heterocycles. The van der Waals surface area contributed by atoms with Crippen LogP contribution < -0.4 is 10.6 Å². The first kappa shape index (κ1) is 16.1. The van der Waals surface area contributed by atoms with E-state index in [2.05, 4.69) is 15.6 Å². The highest BCUT2D eigenvalue weighted by Gasteiger charge is 2.17. The Hall–Kier alpha value is -2.82. The number of hydrogen-bond acceptors (Lipinski definition) is 4. The summed E-state index contributed by atoms with van der Waals surface area (Å²) in [6.45, 7) is 5.28. The normalized spacial score (nSPS) is 10.8. The molecule has 1 aromatic carbocycles. The number of carbonyl (C=O) groups excluding carboxylic acids is 1. The van der Waals surface area contributed by atoms with Gasteiger partial charge in [-0.1, -0.05) is 12.1 Å². The molecule has 0 aliphatic heterocycles. The maximum atomic E-state index is 12.3. The van der Waals surface area contributed by atoms with Gasteiger partial charge in [0.1, 0.15) is 5.58 Å². The number of pyridine rings is 1. The van der Waals surface area contributed by atoms with Crippen molar-refractivity contribution in [3.8, 4) is 0 Å². The van der Waals surface area contributed by atoms with Crippen molar-refractivity contribution in [2.75, 3.05) is 18.4 Å². The quantitative estimate of drug-likeness (QED) is 0.679. The molecule has 24 heavy (non-hydrogen) atoms. The molecule has 0 aliphatic rings. The number of aromatic nitrogens is 1. The Balaban J connectivity index is 1.53. The first-order chi connectivity index (χ1) is 11.6. The number of furan rings is 1. The van der Waals surface area contributed by atoms with E-state index in [9.17, 15) is 4.79 Å². The Morgan fingerprint density at radius 2 is 2.08 bits per heavy atom. The Labute approximate surface area is 141 Å². The number of amides is 1. The van der Waals surface area contributed by atoms with Crippen LogP contribution in [-0.4, -0.2) is 24.0 Å². The highest BCUT2D eigenvalue weighted by Crippen LogP contribution is 2.25. The zero-order valence-electron chi connectivity index (χ0n) is 13.9. The zero-order chi connectivity index (χ0) is 16.9. The highest BCUT2D eigenvalue weighted by molar-refractivity contribution is 5.98. The Bertz CT molecular complexity index is 840. The third-order valence-electron chi connectivity index (χ3n) is 3.93. The molecule has 0 bridgehead atoms. The van der Waals surface area contributed by atoms with Crippen LogP contribution in [0.15, 0.2) is 47.1 Å². The lowest BCUT2D eigenvalue weighted by Crippen LogP contribution is -2.26. The van der Waals surface area contributed by atoms with E-state index in [1.54, 1.807) is 12.4 Å². The van der Waals surface area contributed by atoms with Crippen molar-refractivity contribution in [1.82, 2.24) is 10.3 Å².